The molecule has 0 saturated carbocycles. The van der Waals surface area contributed by atoms with Crippen molar-refractivity contribution in [2.45, 2.75) is 25.8 Å². The van der Waals surface area contributed by atoms with Crippen LogP contribution in [-0.4, -0.2) is 43.5 Å². The summed E-state index contributed by atoms with van der Waals surface area (Å²) in [6.07, 6.45) is 2.16. The second-order valence-corrected chi connectivity index (χ2v) is 5.65. The van der Waals surface area contributed by atoms with Crippen LogP contribution in [0.3, 0.4) is 0 Å². The highest BCUT2D eigenvalue weighted by Crippen LogP contribution is 2.20. The molecule has 116 valence electrons. The van der Waals surface area contributed by atoms with Crippen LogP contribution >= 0.6 is 0 Å². The van der Waals surface area contributed by atoms with Crippen LogP contribution in [0.15, 0.2) is 24.3 Å². The molecule has 2 N–H and O–H groups in total. The van der Waals surface area contributed by atoms with Gasteiger partial charge in [-0.25, -0.2) is 4.39 Å². The van der Waals surface area contributed by atoms with Gasteiger partial charge in [-0.3, -0.25) is 9.69 Å². The van der Waals surface area contributed by atoms with Gasteiger partial charge in [0.05, 0.1) is 6.54 Å². The Morgan fingerprint density at radius 1 is 1.48 bits per heavy atom. The minimum Gasteiger partial charge on any atom is -0.325 e. The first kappa shape index (κ1) is 15.9. The smallest absolute Gasteiger partial charge is 0.238 e. The molecule has 1 aromatic carbocycles. The van der Waals surface area contributed by atoms with Gasteiger partial charge in [-0.2, -0.15) is 0 Å². The van der Waals surface area contributed by atoms with Crippen molar-refractivity contribution in [3.05, 3.63) is 30.1 Å². The largest absolute Gasteiger partial charge is 0.325 e. The standard InChI is InChI=1S/C16H24FN3O/c1-3-12-10-20(8-7-15(12)18-2)11-16(21)19-14-6-4-5-13(17)9-14/h4-6,9,12,15,18H,3,7-8,10-11H2,1-2H3,(H,19,21). The third-order valence-corrected chi connectivity index (χ3v) is 4.19. The SMILES string of the molecule is CCC1CN(CC(=O)Nc2cccc(F)c2)CCC1NC. The fraction of sp³-hybridized carbons (Fsp3) is 0.562. The molecule has 0 radical (unpaired) electrons. The topological polar surface area (TPSA) is 44.4 Å². The van der Waals surface area contributed by atoms with Gasteiger partial charge < -0.3 is 10.6 Å². The molecular formula is C16H24FN3O. The van der Waals surface area contributed by atoms with Crippen molar-refractivity contribution in [1.29, 1.82) is 0 Å². The second kappa shape index (κ2) is 7.52. The van der Waals surface area contributed by atoms with Crippen LogP contribution in [0.25, 0.3) is 0 Å². The quantitative estimate of drug-likeness (QED) is 0.873. The maximum absolute atomic E-state index is 13.1. The van der Waals surface area contributed by atoms with Gasteiger partial charge in [0.1, 0.15) is 5.82 Å². The predicted molar refractivity (Wildman–Crippen MR) is 82.7 cm³/mol. The minimum atomic E-state index is -0.339. The van der Waals surface area contributed by atoms with Crippen LogP contribution in [0.2, 0.25) is 0 Å². The van der Waals surface area contributed by atoms with Crippen LogP contribution in [0.4, 0.5) is 10.1 Å². The van der Waals surface area contributed by atoms with Gasteiger partial charge in [0.15, 0.2) is 0 Å². The van der Waals surface area contributed by atoms with E-state index in [1.807, 2.05) is 7.05 Å². The fourth-order valence-corrected chi connectivity index (χ4v) is 3.01. The number of nitrogens with one attached hydrogen (secondary N) is 2. The first-order valence-corrected chi connectivity index (χ1v) is 7.57. The molecule has 2 rings (SSSR count). The van der Waals surface area contributed by atoms with Crippen molar-refractivity contribution in [3.8, 4) is 0 Å². The number of anilines is 1. The van der Waals surface area contributed by atoms with E-state index in [1.165, 1.54) is 12.1 Å². The van der Waals surface area contributed by atoms with Crippen LogP contribution in [0.1, 0.15) is 19.8 Å². The predicted octanol–water partition coefficient (Wildman–Crippen LogP) is 2.08. The molecule has 0 aliphatic carbocycles. The molecule has 1 amide bonds. The Morgan fingerprint density at radius 3 is 2.95 bits per heavy atom. The van der Waals surface area contributed by atoms with Crippen LogP contribution in [-0.2, 0) is 4.79 Å². The van der Waals surface area contributed by atoms with Gasteiger partial charge in [0.2, 0.25) is 5.91 Å². The van der Waals surface area contributed by atoms with E-state index in [2.05, 4.69) is 22.5 Å². The Kier molecular flexibility index (Phi) is 5.70. The zero-order valence-corrected chi connectivity index (χ0v) is 12.7. The van der Waals surface area contributed by atoms with E-state index < -0.39 is 0 Å². The molecule has 0 spiro atoms. The lowest BCUT2D eigenvalue weighted by atomic mass is 9.90. The molecule has 5 heteroatoms. The molecule has 0 bridgehead atoms. The molecular weight excluding hydrogens is 269 g/mol. The number of hydrogen-bond donors (Lipinski definition) is 2. The maximum atomic E-state index is 13.1. The van der Waals surface area contributed by atoms with E-state index in [9.17, 15) is 9.18 Å². The van der Waals surface area contributed by atoms with Gasteiger partial charge in [0.25, 0.3) is 0 Å². The van der Waals surface area contributed by atoms with E-state index in [4.69, 9.17) is 0 Å². The normalized spacial score (nSPS) is 23.0. The van der Waals surface area contributed by atoms with Crippen LogP contribution in [0.5, 0.6) is 0 Å². The zero-order valence-electron chi connectivity index (χ0n) is 12.7. The molecule has 1 fully saturated rings. The van der Waals surface area contributed by atoms with Gasteiger partial charge in [0, 0.05) is 24.8 Å². The van der Waals surface area contributed by atoms with E-state index >= 15 is 0 Å². The average molecular weight is 293 g/mol. The lowest BCUT2D eigenvalue weighted by Gasteiger charge is -2.37. The molecule has 2 atom stereocenters. The summed E-state index contributed by atoms with van der Waals surface area (Å²) >= 11 is 0. The molecule has 1 saturated heterocycles. The van der Waals surface area contributed by atoms with Crippen molar-refractivity contribution < 1.29 is 9.18 Å². The third-order valence-electron chi connectivity index (χ3n) is 4.19. The number of likely N-dealkylation sites (tertiary alicyclic amines) is 1. The number of halogens is 1. The van der Waals surface area contributed by atoms with E-state index in [0.29, 0.717) is 24.2 Å². The number of nitrogens with zero attached hydrogens (tertiary/aromatic N) is 1. The number of amides is 1. The summed E-state index contributed by atoms with van der Waals surface area (Å²) in [6.45, 7) is 4.39. The second-order valence-electron chi connectivity index (χ2n) is 5.65. The van der Waals surface area contributed by atoms with Crippen molar-refractivity contribution in [3.63, 3.8) is 0 Å². The molecule has 1 aliphatic heterocycles. The maximum Gasteiger partial charge on any atom is 0.238 e. The first-order chi connectivity index (χ1) is 10.1. The summed E-state index contributed by atoms with van der Waals surface area (Å²) in [4.78, 5) is 14.2. The Hall–Kier alpha value is -1.46. The third kappa shape index (κ3) is 4.51. The Balaban J connectivity index is 1.85. The molecule has 21 heavy (non-hydrogen) atoms. The summed E-state index contributed by atoms with van der Waals surface area (Å²) in [6, 6.07) is 6.53. The average Bonchev–Trinajstić information content (AvgIpc) is 2.47. The lowest BCUT2D eigenvalue weighted by Crippen LogP contribution is -2.49. The van der Waals surface area contributed by atoms with Crippen molar-refractivity contribution in [1.82, 2.24) is 10.2 Å². The molecule has 0 aromatic heterocycles. The van der Waals surface area contributed by atoms with Gasteiger partial charge in [-0.15, -0.1) is 0 Å². The lowest BCUT2D eigenvalue weighted by molar-refractivity contribution is -0.117. The zero-order chi connectivity index (χ0) is 15.2. The number of hydrogen-bond acceptors (Lipinski definition) is 3. The molecule has 2 unspecified atom stereocenters. The summed E-state index contributed by atoms with van der Waals surface area (Å²) in [5.74, 6) is 0.151. The summed E-state index contributed by atoms with van der Waals surface area (Å²) in [5.41, 5.74) is 0.511. The van der Waals surface area contributed by atoms with E-state index in [1.54, 1.807) is 12.1 Å². The Morgan fingerprint density at radius 2 is 2.29 bits per heavy atom. The summed E-state index contributed by atoms with van der Waals surface area (Å²) in [5, 5.41) is 6.11. The van der Waals surface area contributed by atoms with Crippen LogP contribution < -0.4 is 10.6 Å². The van der Waals surface area contributed by atoms with E-state index in [0.717, 1.165) is 25.9 Å². The van der Waals surface area contributed by atoms with Gasteiger partial charge in [-0.1, -0.05) is 19.4 Å². The van der Waals surface area contributed by atoms with E-state index in [-0.39, 0.29) is 11.7 Å². The molecule has 1 aromatic rings. The molecule has 4 nitrogen and oxygen atoms in total. The van der Waals surface area contributed by atoms with Crippen LogP contribution in [0, 0.1) is 11.7 Å². The summed E-state index contributed by atoms with van der Waals surface area (Å²) in [7, 11) is 2.00. The Labute approximate surface area is 125 Å². The highest BCUT2D eigenvalue weighted by Gasteiger charge is 2.27. The minimum absolute atomic E-state index is 0.0849. The van der Waals surface area contributed by atoms with Gasteiger partial charge in [-0.05, 0) is 37.6 Å². The fourth-order valence-electron chi connectivity index (χ4n) is 3.01. The first-order valence-electron chi connectivity index (χ1n) is 7.57. The molecule has 1 heterocycles. The number of carbonyl (C=O) groups excluding carboxylic acids is 1. The number of piperidine rings is 1. The monoisotopic (exact) mass is 293 g/mol. The number of rotatable bonds is 5. The highest BCUT2D eigenvalue weighted by molar-refractivity contribution is 5.92. The highest BCUT2D eigenvalue weighted by atomic mass is 19.1. The number of carbonyl (C=O) groups is 1. The van der Waals surface area contributed by atoms with Crippen molar-refractivity contribution in [2.75, 3.05) is 32.0 Å². The Bertz CT molecular complexity index is 480. The van der Waals surface area contributed by atoms with Crippen molar-refractivity contribution in [2.24, 2.45) is 5.92 Å². The summed E-state index contributed by atoms with van der Waals surface area (Å²) < 4.78 is 13.1. The molecule has 1 aliphatic rings. The van der Waals surface area contributed by atoms with Crippen molar-refractivity contribution >= 4 is 11.6 Å². The van der Waals surface area contributed by atoms with Gasteiger partial charge >= 0.3 is 0 Å². The number of benzene rings is 1.